The molecule has 0 unspecified atom stereocenters. The van der Waals surface area contributed by atoms with Crippen LogP contribution in [0.5, 0.6) is 0 Å². The molecule has 0 aromatic carbocycles. The van der Waals surface area contributed by atoms with Crippen molar-refractivity contribution in [3.8, 4) is 0 Å². The predicted molar refractivity (Wildman–Crippen MR) is 67.8 cm³/mol. The monoisotopic (exact) mass is 249 g/mol. The van der Waals surface area contributed by atoms with Crippen LogP contribution < -0.4 is 5.32 Å². The fourth-order valence-electron chi connectivity index (χ4n) is 1.03. The molecule has 0 fully saturated rings. The van der Waals surface area contributed by atoms with Gasteiger partial charge in [0.1, 0.15) is 5.60 Å². The van der Waals surface area contributed by atoms with Gasteiger partial charge in [0.2, 0.25) is 0 Å². The summed E-state index contributed by atoms with van der Waals surface area (Å²) >= 11 is 1.59. The van der Waals surface area contributed by atoms with Crippen molar-refractivity contribution < 1.29 is 14.6 Å². The van der Waals surface area contributed by atoms with Gasteiger partial charge in [-0.05, 0) is 40.9 Å². The van der Waals surface area contributed by atoms with Crippen LogP contribution in [0.2, 0.25) is 0 Å². The predicted octanol–water partition coefficient (Wildman–Crippen LogP) is 2.01. The molecule has 0 aromatic rings. The van der Waals surface area contributed by atoms with Gasteiger partial charge < -0.3 is 15.2 Å². The van der Waals surface area contributed by atoms with E-state index in [2.05, 4.69) is 5.32 Å². The second-order valence-corrected chi connectivity index (χ2v) is 6.65. The third kappa shape index (κ3) is 5.61. The molecule has 0 aliphatic heterocycles. The average Bonchev–Trinajstić information content (AvgIpc) is 2.11. The molecule has 0 saturated carbocycles. The van der Waals surface area contributed by atoms with Gasteiger partial charge in [-0.15, -0.1) is 0 Å². The van der Waals surface area contributed by atoms with Crippen LogP contribution in [0.3, 0.4) is 0 Å². The maximum atomic E-state index is 11.5. The van der Waals surface area contributed by atoms with E-state index in [0.717, 1.165) is 0 Å². The van der Waals surface area contributed by atoms with Crippen molar-refractivity contribution in [2.24, 2.45) is 0 Å². The Labute approximate surface area is 102 Å². The van der Waals surface area contributed by atoms with Gasteiger partial charge in [0.15, 0.2) is 0 Å². The Morgan fingerprint density at radius 3 is 2.19 bits per heavy atom. The summed E-state index contributed by atoms with van der Waals surface area (Å²) in [5.41, 5.74) is -0.520. The van der Waals surface area contributed by atoms with Crippen molar-refractivity contribution in [3.63, 3.8) is 0 Å². The standard InChI is InChI=1S/C11H23NO3S/c1-10(2,3)15-9(14)12-8(7-13)11(4,5)16-6/h8,13H,7H2,1-6H3,(H,12,14)/t8-/m0/s1. The molecule has 0 spiro atoms. The van der Waals surface area contributed by atoms with Crippen molar-refractivity contribution in [2.75, 3.05) is 12.9 Å². The highest BCUT2D eigenvalue weighted by Gasteiger charge is 2.30. The first kappa shape index (κ1) is 15.6. The number of hydrogen-bond acceptors (Lipinski definition) is 4. The quantitative estimate of drug-likeness (QED) is 0.800. The van der Waals surface area contributed by atoms with Crippen molar-refractivity contribution in [2.45, 2.75) is 51.0 Å². The van der Waals surface area contributed by atoms with Gasteiger partial charge in [-0.3, -0.25) is 0 Å². The molecular weight excluding hydrogens is 226 g/mol. The highest BCUT2D eigenvalue weighted by Crippen LogP contribution is 2.25. The zero-order chi connectivity index (χ0) is 13.0. The van der Waals surface area contributed by atoms with Crippen LogP contribution in [0.15, 0.2) is 0 Å². The molecule has 0 heterocycles. The van der Waals surface area contributed by atoms with Crippen LogP contribution in [0.4, 0.5) is 4.79 Å². The normalized spacial score (nSPS) is 14.4. The summed E-state index contributed by atoms with van der Waals surface area (Å²) in [5, 5.41) is 11.9. The molecular formula is C11H23NO3S. The van der Waals surface area contributed by atoms with Gasteiger partial charge in [0, 0.05) is 4.75 Å². The summed E-state index contributed by atoms with van der Waals surface area (Å²) in [5.74, 6) is 0. The number of amides is 1. The first-order valence-corrected chi connectivity index (χ1v) is 6.50. The van der Waals surface area contributed by atoms with E-state index < -0.39 is 11.7 Å². The van der Waals surface area contributed by atoms with Crippen molar-refractivity contribution in [3.05, 3.63) is 0 Å². The molecule has 0 aromatic heterocycles. The minimum absolute atomic E-state index is 0.104. The van der Waals surface area contributed by atoms with Gasteiger partial charge in [-0.25, -0.2) is 4.79 Å². The molecule has 96 valence electrons. The Bertz CT molecular complexity index is 236. The highest BCUT2D eigenvalue weighted by molar-refractivity contribution is 8.00. The van der Waals surface area contributed by atoms with E-state index in [1.54, 1.807) is 32.5 Å². The molecule has 0 aliphatic rings. The molecule has 4 nitrogen and oxygen atoms in total. The van der Waals surface area contributed by atoms with E-state index >= 15 is 0 Å². The number of alkyl carbamates (subject to hydrolysis) is 1. The molecule has 0 rings (SSSR count). The van der Waals surface area contributed by atoms with Crippen molar-refractivity contribution >= 4 is 17.9 Å². The summed E-state index contributed by atoms with van der Waals surface area (Å²) in [6.07, 6.45) is 1.45. The Morgan fingerprint density at radius 2 is 1.88 bits per heavy atom. The maximum Gasteiger partial charge on any atom is 0.407 e. The summed E-state index contributed by atoms with van der Waals surface area (Å²) in [7, 11) is 0. The number of carbonyl (C=O) groups excluding carboxylic acids is 1. The lowest BCUT2D eigenvalue weighted by atomic mass is 10.0. The smallest absolute Gasteiger partial charge is 0.407 e. The Morgan fingerprint density at radius 1 is 1.38 bits per heavy atom. The molecule has 1 amide bonds. The fourth-order valence-corrected chi connectivity index (χ4v) is 1.45. The van der Waals surface area contributed by atoms with E-state index in [9.17, 15) is 9.90 Å². The third-order valence-electron chi connectivity index (χ3n) is 2.24. The van der Waals surface area contributed by atoms with Gasteiger partial charge in [-0.1, -0.05) is 0 Å². The zero-order valence-electron chi connectivity index (χ0n) is 11.0. The molecule has 0 saturated heterocycles. The van der Waals surface area contributed by atoms with Gasteiger partial charge in [0.25, 0.3) is 0 Å². The second kappa shape index (κ2) is 5.77. The number of hydrogen-bond donors (Lipinski definition) is 2. The lowest BCUT2D eigenvalue weighted by Crippen LogP contribution is -2.50. The molecule has 2 N–H and O–H groups in total. The van der Waals surface area contributed by atoms with E-state index in [0.29, 0.717) is 0 Å². The minimum atomic E-state index is -0.520. The molecule has 0 aliphatic carbocycles. The van der Waals surface area contributed by atoms with Crippen molar-refractivity contribution in [1.82, 2.24) is 5.32 Å². The van der Waals surface area contributed by atoms with Gasteiger partial charge in [0.05, 0.1) is 12.6 Å². The number of carbonyl (C=O) groups is 1. The third-order valence-corrected chi connectivity index (χ3v) is 3.58. The van der Waals surface area contributed by atoms with Crippen LogP contribution >= 0.6 is 11.8 Å². The van der Waals surface area contributed by atoms with E-state index in [1.807, 2.05) is 20.1 Å². The lowest BCUT2D eigenvalue weighted by molar-refractivity contribution is 0.0470. The first-order chi connectivity index (χ1) is 7.12. The summed E-state index contributed by atoms with van der Waals surface area (Å²) in [6.45, 7) is 9.25. The number of ether oxygens (including phenoxy) is 1. The SMILES string of the molecule is CSC(C)(C)[C@H](CO)NC(=O)OC(C)(C)C. The number of aliphatic hydroxyl groups is 1. The van der Waals surface area contributed by atoms with Crippen LogP contribution in [-0.4, -0.2) is 40.5 Å². The van der Waals surface area contributed by atoms with Crippen LogP contribution in [0, 0.1) is 0 Å². The zero-order valence-corrected chi connectivity index (χ0v) is 11.8. The molecule has 1 atom stereocenters. The Hall–Kier alpha value is -0.420. The number of nitrogens with one attached hydrogen (secondary N) is 1. The van der Waals surface area contributed by atoms with E-state index in [4.69, 9.17) is 4.74 Å². The lowest BCUT2D eigenvalue weighted by Gasteiger charge is -2.32. The fraction of sp³-hybridized carbons (Fsp3) is 0.909. The highest BCUT2D eigenvalue weighted by atomic mass is 32.2. The number of thioether (sulfide) groups is 1. The average molecular weight is 249 g/mol. The Balaban J connectivity index is 4.40. The first-order valence-electron chi connectivity index (χ1n) is 5.28. The van der Waals surface area contributed by atoms with E-state index in [-0.39, 0.29) is 17.4 Å². The Kier molecular flexibility index (Phi) is 5.62. The van der Waals surface area contributed by atoms with Crippen LogP contribution in [-0.2, 0) is 4.74 Å². The number of rotatable bonds is 4. The van der Waals surface area contributed by atoms with E-state index in [1.165, 1.54) is 0 Å². The minimum Gasteiger partial charge on any atom is -0.444 e. The van der Waals surface area contributed by atoms with Crippen molar-refractivity contribution in [1.29, 1.82) is 0 Å². The van der Waals surface area contributed by atoms with Gasteiger partial charge in [-0.2, -0.15) is 11.8 Å². The summed E-state index contributed by atoms with van der Waals surface area (Å²) < 4.78 is 4.91. The van der Waals surface area contributed by atoms with Gasteiger partial charge >= 0.3 is 6.09 Å². The number of aliphatic hydroxyl groups excluding tert-OH is 1. The summed E-state index contributed by atoms with van der Waals surface area (Å²) in [6, 6.07) is -0.322. The largest absolute Gasteiger partial charge is 0.444 e. The molecule has 16 heavy (non-hydrogen) atoms. The van der Waals surface area contributed by atoms with Crippen LogP contribution in [0.1, 0.15) is 34.6 Å². The van der Waals surface area contributed by atoms with Crippen LogP contribution in [0.25, 0.3) is 0 Å². The molecule has 0 bridgehead atoms. The molecule has 5 heteroatoms. The molecule has 0 radical (unpaired) electrons. The summed E-state index contributed by atoms with van der Waals surface area (Å²) in [4.78, 5) is 11.5. The maximum absolute atomic E-state index is 11.5. The topological polar surface area (TPSA) is 58.6 Å². The second-order valence-electron chi connectivity index (χ2n) is 5.19.